The Kier molecular flexibility index (Phi) is 5.06. The quantitative estimate of drug-likeness (QED) is 0.765. The molecule has 3 heterocycles. The van der Waals surface area contributed by atoms with Gasteiger partial charge in [0, 0.05) is 55.7 Å². The molecule has 1 saturated heterocycles. The van der Waals surface area contributed by atoms with Gasteiger partial charge in [0.1, 0.15) is 5.82 Å². The first-order valence-electron chi connectivity index (χ1n) is 8.83. The normalized spacial score (nSPS) is 16.5. The van der Waals surface area contributed by atoms with Crippen molar-refractivity contribution < 1.29 is 9.84 Å². The molecular formula is C20H22N4O2. The van der Waals surface area contributed by atoms with Crippen LogP contribution in [0.5, 0.6) is 0 Å². The van der Waals surface area contributed by atoms with Gasteiger partial charge in [-0.3, -0.25) is 14.5 Å². The SMILES string of the molecule is OC(CN1CCOCC1)c1ccc(-n2ccnc2-c2cccnc2)cc1. The van der Waals surface area contributed by atoms with Gasteiger partial charge in [0.25, 0.3) is 0 Å². The zero-order chi connectivity index (χ0) is 17.8. The summed E-state index contributed by atoms with van der Waals surface area (Å²) in [6.07, 6.45) is 6.77. The van der Waals surface area contributed by atoms with Gasteiger partial charge in [-0.25, -0.2) is 4.98 Å². The maximum atomic E-state index is 10.5. The molecule has 1 N–H and O–H groups in total. The highest BCUT2D eigenvalue weighted by atomic mass is 16.5. The van der Waals surface area contributed by atoms with Gasteiger partial charge in [-0.15, -0.1) is 0 Å². The van der Waals surface area contributed by atoms with E-state index in [9.17, 15) is 5.11 Å². The third-order valence-electron chi connectivity index (χ3n) is 4.65. The summed E-state index contributed by atoms with van der Waals surface area (Å²) in [4.78, 5) is 10.9. The van der Waals surface area contributed by atoms with Crippen molar-refractivity contribution in [2.75, 3.05) is 32.8 Å². The van der Waals surface area contributed by atoms with Gasteiger partial charge < -0.3 is 9.84 Å². The Morgan fingerprint density at radius 3 is 2.62 bits per heavy atom. The first-order chi connectivity index (χ1) is 12.8. The number of aliphatic hydroxyl groups excluding tert-OH is 1. The summed E-state index contributed by atoms with van der Waals surface area (Å²) in [7, 11) is 0. The Bertz CT molecular complexity index is 827. The number of nitrogens with zero attached hydrogens (tertiary/aromatic N) is 4. The number of ether oxygens (including phenoxy) is 1. The number of hydrogen-bond donors (Lipinski definition) is 1. The van der Waals surface area contributed by atoms with Crippen LogP contribution in [0.15, 0.2) is 61.2 Å². The third kappa shape index (κ3) is 3.67. The van der Waals surface area contributed by atoms with Gasteiger partial charge >= 0.3 is 0 Å². The fourth-order valence-electron chi connectivity index (χ4n) is 3.21. The largest absolute Gasteiger partial charge is 0.387 e. The van der Waals surface area contributed by atoms with E-state index in [0.29, 0.717) is 6.54 Å². The summed E-state index contributed by atoms with van der Waals surface area (Å²) in [5.74, 6) is 0.847. The number of aromatic nitrogens is 3. The van der Waals surface area contributed by atoms with Crippen molar-refractivity contribution in [2.45, 2.75) is 6.10 Å². The summed E-state index contributed by atoms with van der Waals surface area (Å²) in [5.41, 5.74) is 2.89. The zero-order valence-electron chi connectivity index (χ0n) is 14.5. The maximum Gasteiger partial charge on any atom is 0.146 e. The van der Waals surface area contributed by atoms with Gasteiger partial charge in [0.05, 0.1) is 19.3 Å². The first-order valence-corrected chi connectivity index (χ1v) is 8.83. The summed E-state index contributed by atoms with van der Waals surface area (Å²) in [6.45, 7) is 3.86. The number of morpholine rings is 1. The molecule has 3 aromatic rings. The number of pyridine rings is 1. The second kappa shape index (κ2) is 7.78. The van der Waals surface area contributed by atoms with Crippen LogP contribution in [0.3, 0.4) is 0 Å². The summed E-state index contributed by atoms with van der Waals surface area (Å²) >= 11 is 0. The Morgan fingerprint density at radius 2 is 1.88 bits per heavy atom. The molecule has 0 spiro atoms. The van der Waals surface area contributed by atoms with E-state index in [1.165, 1.54) is 0 Å². The van der Waals surface area contributed by atoms with E-state index >= 15 is 0 Å². The minimum atomic E-state index is -0.497. The van der Waals surface area contributed by atoms with Crippen molar-refractivity contribution in [3.05, 3.63) is 66.7 Å². The van der Waals surface area contributed by atoms with Crippen molar-refractivity contribution in [1.29, 1.82) is 0 Å². The molecule has 26 heavy (non-hydrogen) atoms. The van der Waals surface area contributed by atoms with E-state index in [-0.39, 0.29) is 0 Å². The monoisotopic (exact) mass is 350 g/mol. The average Bonchev–Trinajstić information content (AvgIpc) is 3.19. The molecule has 1 atom stereocenters. The molecule has 0 radical (unpaired) electrons. The van der Waals surface area contributed by atoms with Crippen molar-refractivity contribution in [2.24, 2.45) is 0 Å². The number of aliphatic hydroxyl groups is 1. The molecule has 4 rings (SSSR count). The van der Waals surface area contributed by atoms with Crippen LogP contribution in [0.1, 0.15) is 11.7 Å². The van der Waals surface area contributed by atoms with Crippen molar-refractivity contribution in [3.8, 4) is 17.1 Å². The van der Waals surface area contributed by atoms with E-state index in [1.807, 2.05) is 47.2 Å². The van der Waals surface area contributed by atoms with Crippen molar-refractivity contribution in [3.63, 3.8) is 0 Å². The van der Waals surface area contributed by atoms with Crippen LogP contribution in [0.25, 0.3) is 17.1 Å². The van der Waals surface area contributed by atoms with Crippen LogP contribution in [0, 0.1) is 0 Å². The predicted octanol–water partition coefficient (Wildman–Crippen LogP) is 2.30. The minimum Gasteiger partial charge on any atom is -0.387 e. The van der Waals surface area contributed by atoms with Gasteiger partial charge in [-0.1, -0.05) is 12.1 Å². The fraction of sp³-hybridized carbons (Fsp3) is 0.300. The number of rotatable bonds is 5. The average molecular weight is 350 g/mol. The van der Waals surface area contributed by atoms with Crippen LogP contribution in [0.2, 0.25) is 0 Å². The lowest BCUT2D eigenvalue weighted by Crippen LogP contribution is -2.38. The van der Waals surface area contributed by atoms with E-state index in [0.717, 1.165) is 48.9 Å². The lowest BCUT2D eigenvalue weighted by Gasteiger charge is -2.28. The molecule has 6 nitrogen and oxygen atoms in total. The smallest absolute Gasteiger partial charge is 0.146 e. The van der Waals surface area contributed by atoms with E-state index in [1.54, 1.807) is 18.6 Å². The lowest BCUT2D eigenvalue weighted by atomic mass is 10.1. The number of β-amino-alcohol motifs (C(OH)–C–C–N with tert-alkyl or cyclic N) is 1. The van der Waals surface area contributed by atoms with Crippen LogP contribution in [-0.2, 0) is 4.74 Å². The highest BCUT2D eigenvalue weighted by Gasteiger charge is 2.16. The molecule has 0 bridgehead atoms. The molecule has 0 aliphatic carbocycles. The van der Waals surface area contributed by atoms with Gasteiger partial charge in [0.2, 0.25) is 0 Å². The van der Waals surface area contributed by atoms with Gasteiger partial charge in [-0.2, -0.15) is 0 Å². The van der Waals surface area contributed by atoms with Crippen molar-refractivity contribution >= 4 is 0 Å². The van der Waals surface area contributed by atoms with Gasteiger partial charge in [0.15, 0.2) is 0 Å². The van der Waals surface area contributed by atoms with E-state index < -0.39 is 6.10 Å². The van der Waals surface area contributed by atoms with Crippen LogP contribution >= 0.6 is 0 Å². The maximum absolute atomic E-state index is 10.5. The molecular weight excluding hydrogens is 328 g/mol. The second-order valence-electron chi connectivity index (χ2n) is 6.38. The van der Waals surface area contributed by atoms with Crippen molar-refractivity contribution in [1.82, 2.24) is 19.4 Å². The highest BCUT2D eigenvalue weighted by Crippen LogP contribution is 2.22. The molecule has 1 aliphatic rings. The first kappa shape index (κ1) is 16.9. The van der Waals surface area contributed by atoms with Crippen LogP contribution < -0.4 is 0 Å². The molecule has 1 unspecified atom stereocenters. The lowest BCUT2D eigenvalue weighted by molar-refractivity contribution is 0.0143. The number of benzene rings is 1. The minimum absolute atomic E-state index is 0.497. The topological polar surface area (TPSA) is 63.4 Å². The Labute approximate surface area is 152 Å². The van der Waals surface area contributed by atoms with Gasteiger partial charge in [-0.05, 0) is 29.8 Å². The number of hydrogen-bond acceptors (Lipinski definition) is 5. The van der Waals surface area contributed by atoms with E-state index in [2.05, 4.69) is 14.9 Å². The molecule has 1 fully saturated rings. The highest BCUT2D eigenvalue weighted by molar-refractivity contribution is 5.57. The molecule has 0 saturated carbocycles. The standard InChI is InChI=1S/C20H22N4O2/c25-19(15-23-10-12-26-13-11-23)16-3-5-18(6-4-16)24-9-8-22-20(24)17-2-1-7-21-14-17/h1-9,14,19,25H,10-13,15H2. The summed E-state index contributed by atoms with van der Waals surface area (Å²) in [5, 5.41) is 10.5. The van der Waals surface area contributed by atoms with Crippen LogP contribution in [-0.4, -0.2) is 57.4 Å². The molecule has 0 amide bonds. The fourth-order valence-corrected chi connectivity index (χ4v) is 3.21. The Balaban J connectivity index is 1.51. The summed E-state index contributed by atoms with van der Waals surface area (Å²) < 4.78 is 7.38. The number of imidazole rings is 1. The molecule has 1 aromatic carbocycles. The van der Waals surface area contributed by atoms with Crippen LogP contribution in [0.4, 0.5) is 0 Å². The molecule has 2 aromatic heterocycles. The zero-order valence-corrected chi connectivity index (χ0v) is 14.5. The molecule has 134 valence electrons. The third-order valence-corrected chi connectivity index (χ3v) is 4.65. The predicted molar refractivity (Wildman–Crippen MR) is 99.0 cm³/mol. The Morgan fingerprint density at radius 1 is 1.08 bits per heavy atom. The summed E-state index contributed by atoms with van der Waals surface area (Å²) in [6, 6.07) is 11.9. The second-order valence-corrected chi connectivity index (χ2v) is 6.38. The molecule has 6 heteroatoms. The molecule has 1 aliphatic heterocycles. The van der Waals surface area contributed by atoms with E-state index in [4.69, 9.17) is 4.74 Å². The Hall–Kier alpha value is -2.54.